The Hall–Kier alpha value is -9.36. The first-order valence-corrected chi connectivity index (χ1v) is 54.1. The molecule has 0 saturated heterocycles. The third-order valence-electron chi connectivity index (χ3n) is 28.8. The molecule has 0 N–H and O–H groups in total. The highest BCUT2D eigenvalue weighted by Gasteiger charge is 2.37. The van der Waals surface area contributed by atoms with Crippen molar-refractivity contribution in [1.82, 2.24) is 0 Å². The molecule has 0 nitrogen and oxygen atoms in total. The first-order valence-electron chi connectivity index (χ1n) is 59.6. The Morgan fingerprint density at radius 2 is 0.442 bits per heavy atom. The predicted molar refractivity (Wildman–Crippen MR) is 666 cm³/mol. The van der Waals surface area contributed by atoms with Crippen molar-refractivity contribution in [3.05, 3.63) is 368 Å². The van der Waals surface area contributed by atoms with Gasteiger partial charge >= 0.3 is 0 Å². The molecule has 4 aliphatic rings. The summed E-state index contributed by atoms with van der Waals surface area (Å²) in [5.41, 5.74) is 31.4. The standard InChI is InChI=1S/C23H24.2C22H34.C22H22.C22H38.C16H18.C14H22.6CH4/c1-17-13-15-19(16-14-17)21-12-8-11-20(22(21)23(2,3)4)18-9-6-5-7-10-18;3*1-22(2,3)21-19(17-11-6-4-7-12-17)15-10-16-20(21)18-13-8-5-9-14-18;1-19(2,3)15-13-16(20(4,5)6)18(22(10,11)12)17(14-15)21(7,8)9;1-16(2,3)15-12-8-7-11-14(15)13-9-5-4-6-10-13;1-13(2,3)11-9-7-8-10-12(11)14(4,5)6;;;;;;/h5-16H,1-4H3;2*10,15-18H,4-9,11-14H2,1-3H3;4-16H,1-3H3;13-14H,1-12H3;4-12H,1-3H3;7-10H,1-6H3;6*1H4/i5D,6D,7D,9D,10D,13D,14D,15D,16D;17D,18D;;;;;;;;;;;. The van der Waals surface area contributed by atoms with Crippen LogP contribution in [0.1, 0.15) is 529 Å². The van der Waals surface area contributed by atoms with Crippen LogP contribution < -0.4 is 0 Å². The molecule has 147 heavy (non-hydrogen) atoms. The maximum absolute atomic E-state index is 9.20. The van der Waals surface area contributed by atoms with E-state index in [1.54, 1.807) is 40.5 Å². The van der Waals surface area contributed by atoms with E-state index in [4.69, 9.17) is 12.3 Å². The van der Waals surface area contributed by atoms with E-state index < -0.39 is 35.3 Å². The summed E-state index contributed by atoms with van der Waals surface area (Å²) in [6, 6.07) is 77.1. The first-order chi connectivity index (χ1) is 70.4. The van der Waals surface area contributed by atoms with Gasteiger partial charge in [-0.3, -0.25) is 0 Å². The quantitative estimate of drug-likeness (QED) is 0.135. The summed E-state index contributed by atoms with van der Waals surface area (Å²) in [5.74, 6) is 0.766. The minimum atomic E-state index is -0.608. The van der Waals surface area contributed by atoms with E-state index in [0.717, 1.165) is 37.5 Å². The maximum atomic E-state index is 9.20. The van der Waals surface area contributed by atoms with Crippen LogP contribution in [0.2, 0.25) is 0 Å². The number of benzene rings is 12. The van der Waals surface area contributed by atoms with Gasteiger partial charge in [0.25, 0.3) is 0 Å². The molecular weight excluding hydrogens is 1770 g/mol. The number of hydrogen-bond donors (Lipinski definition) is 0. The molecule has 0 heterocycles. The summed E-state index contributed by atoms with van der Waals surface area (Å²) in [7, 11) is 0. The highest BCUT2D eigenvalue weighted by molar-refractivity contribution is 5.82. The molecule has 0 amide bonds. The second kappa shape index (κ2) is 55.6. The first kappa shape index (κ1) is 112. The van der Waals surface area contributed by atoms with Gasteiger partial charge in [0.1, 0.15) is 0 Å². The van der Waals surface area contributed by atoms with Crippen molar-refractivity contribution in [1.29, 1.82) is 0 Å². The molecule has 12 aromatic carbocycles. The molecular formula is C147H216. The molecule has 0 spiro atoms. The number of rotatable bonds is 9. The van der Waals surface area contributed by atoms with Gasteiger partial charge in [-0.05, 0) is 281 Å². The third kappa shape index (κ3) is 36.5. The maximum Gasteiger partial charge on any atom is 0.0629 e. The van der Waals surface area contributed by atoms with Gasteiger partial charge in [0, 0.05) is 2.74 Å². The Bertz CT molecular complexity index is 6190. The minimum Gasteiger partial charge on any atom is -0.0776 e. The molecule has 0 unspecified atom stereocenters. The van der Waals surface area contributed by atoms with Crippen LogP contribution in [0.15, 0.2) is 279 Å². The van der Waals surface area contributed by atoms with Crippen LogP contribution in [0.3, 0.4) is 0 Å². The summed E-state index contributed by atoms with van der Waals surface area (Å²) in [4.78, 5) is 0. The van der Waals surface area contributed by atoms with Crippen LogP contribution in [0.4, 0.5) is 0 Å². The van der Waals surface area contributed by atoms with Gasteiger partial charge in [0.05, 0.1) is 12.3 Å². The highest BCUT2D eigenvalue weighted by atomic mass is 14.4. The van der Waals surface area contributed by atoms with Crippen molar-refractivity contribution in [3.63, 3.8) is 0 Å². The molecule has 804 valence electrons. The molecule has 0 radical (unpaired) electrons. The van der Waals surface area contributed by atoms with Crippen molar-refractivity contribution in [2.45, 2.75) is 492 Å². The Kier molecular flexibility index (Phi) is 42.3. The summed E-state index contributed by atoms with van der Waals surface area (Å²) in [6.45, 7) is 76.7. The molecule has 0 aromatic heterocycles. The van der Waals surface area contributed by atoms with E-state index in [0.29, 0.717) is 16.7 Å². The average molecular weight is 1990 g/mol. The number of hydrogen-bond acceptors (Lipinski definition) is 0. The minimum absolute atomic E-state index is 0. The van der Waals surface area contributed by atoms with Crippen molar-refractivity contribution < 1.29 is 15.1 Å². The topological polar surface area (TPSA) is 0 Å². The predicted octanol–water partition coefficient (Wildman–Crippen LogP) is 46.7. The zero-order valence-electron chi connectivity index (χ0n) is 106. The average Bonchev–Trinajstić information content (AvgIpc) is 1.01. The van der Waals surface area contributed by atoms with Crippen LogP contribution in [0.5, 0.6) is 0 Å². The van der Waals surface area contributed by atoms with Gasteiger partial charge in [0.15, 0.2) is 0 Å². The summed E-state index contributed by atoms with van der Waals surface area (Å²) in [5, 5.41) is 0. The van der Waals surface area contributed by atoms with Crippen LogP contribution in [-0.2, 0) is 59.6 Å². The lowest BCUT2D eigenvalue weighted by atomic mass is 9.66. The molecule has 4 aliphatic carbocycles. The highest BCUT2D eigenvalue weighted by Crippen LogP contribution is 2.51. The molecule has 0 atom stereocenters. The smallest absolute Gasteiger partial charge is 0.0629 e. The van der Waals surface area contributed by atoms with E-state index in [2.05, 4.69) is 414 Å². The lowest BCUT2D eigenvalue weighted by molar-refractivity contribution is 0.420. The fourth-order valence-corrected chi connectivity index (χ4v) is 22.0. The van der Waals surface area contributed by atoms with Crippen molar-refractivity contribution in [2.75, 3.05) is 0 Å². The van der Waals surface area contributed by atoms with Crippen molar-refractivity contribution in [3.8, 4) is 55.6 Å². The van der Waals surface area contributed by atoms with Crippen molar-refractivity contribution in [2.24, 2.45) is 0 Å². The largest absolute Gasteiger partial charge is 0.0776 e. The second-order valence-electron chi connectivity index (χ2n) is 52.4. The Morgan fingerprint density at radius 1 is 0.197 bits per heavy atom. The van der Waals surface area contributed by atoms with E-state index in [1.807, 2.05) is 20.8 Å². The fraction of sp³-hybridized carbons (Fsp3) is 0.510. The van der Waals surface area contributed by atoms with Gasteiger partial charge in [-0.2, -0.15) is 0 Å². The molecule has 4 fully saturated rings. The Balaban J connectivity index is 0.000000385. The lowest BCUT2D eigenvalue weighted by Crippen LogP contribution is -2.29. The molecule has 12 aromatic rings. The summed E-state index contributed by atoms with van der Waals surface area (Å²) >= 11 is 0. The molecule has 0 heteroatoms. The molecule has 0 bridgehead atoms. The van der Waals surface area contributed by atoms with Crippen LogP contribution in [0, 0.1) is 6.92 Å². The monoisotopic (exact) mass is 1990 g/mol. The Labute approximate surface area is 924 Å². The van der Waals surface area contributed by atoms with Gasteiger partial charge in [-0.15, -0.1) is 0 Å². The van der Waals surface area contributed by atoms with Gasteiger partial charge < -0.3 is 0 Å². The molecule has 16 rings (SSSR count). The summed E-state index contributed by atoms with van der Waals surface area (Å²) < 4.78 is 92.8. The normalized spacial score (nSPS) is 16.2. The Morgan fingerprint density at radius 3 is 0.741 bits per heavy atom. The van der Waals surface area contributed by atoms with Gasteiger partial charge in [-0.25, -0.2) is 0 Å². The summed E-state index contributed by atoms with van der Waals surface area (Å²) in [6.07, 6.45) is 25.4. The van der Waals surface area contributed by atoms with E-state index >= 15 is 0 Å². The zero-order valence-corrected chi connectivity index (χ0v) is 94.7. The van der Waals surface area contributed by atoms with Gasteiger partial charge in [-0.1, -0.05) is 634 Å². The van der Waals surface area contributed by atoms with Gasteiger partial charge in [0.2, 0.25) is 0 Å². The van der Waals surface area contributed by atoms with Crippen molar-refractivity contribution >= 4 is 0 Å². The SMILES string of the molecule is C.C.C.C.C.C.CC(C)(C)c1c(-c2ccccc2)cccc1-c1ccccc1.CC(C)(C)c1c(C2CCCCC2)cccc1C1CCCCC1.CC(C)(C)c1cc(C(C)(C)C)c(C(C)(C)C)c(C(C)(C)C)c1.CC(C)(C)c1ccccc1-c1ccccc1.CC(C)(C)c1ccccc1C(C)(C)C.[2H]C1(c2cccc(C3([2H])CCCCC3)c2C(C)(C)C)CCCCC1.[2H]c1c([2H])c([2H])c(-c2cccc(-c3c([2H])c([2H])c(C)c([2H])c3[2H])c2C(C)(C)C)c([2H])c1[2H]. The van der Waals surface area contributed by atoms with E-state index in [1.165, 1.54) is 199 Å². The van der Waals surface area contributed by atoms with Crippen LogP contribution >= 0.6 is 0 Å². The lowest BCUT2D eigenvalue weighted by Gasteiger charge is -2.38. The van der Waals surface area contributed by atoms with Crippen LogP contribution in [0.25, 0.3) is 55.6 Å². The van der Waals surface area contributed by atoms with E-state index in [-0.39, 0.29) is 152 Å². The molecule has 0 aliphatic heterocycles. The second-order valence-corrected chi connectivity index (χ2v) is 52.4. The fourth-order valence-electron chi connectivity index (χ4n) is 22.0. The third-order valence-corrected chi connectivity index (χ3v) is 28.8. The van der Waals surface area contributed by atoms with E-state index in [9.17, 15) is 2.74 Å². The molecule has 4 saturated carbocycles. The zero-order chi connectivity index (χ0) is 113. The van der Waals surface area contributed by atoms with Crippen LogP contribution in [-0.4, -0.2) is 0 Å².